The minimum Gasteiger partial charge on any atom is -0.341 e. The predicted molar refractivity (Wildman–Crippen MR) is 101 cm³/mol. The Morgan fingerprint density at radius 3 is 2.59 bits per heavy atom. The molecule has 1 N–H and O–H groups in total. The Balaban J connectivity index is 0.00000261. The fourth-order valence-corrected chi connectivity index (χ4v) is 3.99. The maximum absolute atomic E-state index is 13.0. The number of hydrogen-bond donors (Lipinski definition) is 1. The number of hydrogen-bond acceptors (Lipinski definition) is 3. The van der Waals surface area contributed by atoms with Crippen LogP contribution in [0.15, 0.2) is 24.3 Å². The van der Waals surface area contributed by atoms with Crippen molar-refractivity contribution in [2.24, 2.45) is 0 Å². The molecule has 2 aliphatic rings. The summed E-state index contributed by atoms with van der Waals surface area (Å²) < 4.78 is 39.0. The normalized spacial score (nSPS) is 22.4. The lowest BCUT2D eigenvalue weighted by atomic mass is 9.93. The molecule has 2 atom stereocenters. The van der Waals surface area contributed by atoms with Crippen LogP contribution < -0.4 is 5.32 Å². The standard InChI is InChI=1S/C19H26F3N3O.ClH/c1-2-17(14-4-3-5-15(12-14)19(20,21)22)18(26)25-9-6-16(13-25)24-10-7-23-8-11-24;/h3-5,12,16-17,23H,2,6-11,13H2,1H3;1H. The number of carbonyl (C=O) groups is 1. The SMILES string of the molecule is CCC(C(=O)N1CCC(N2CCNCC2)C1)c1cccc(C(F)(F)F)c1.Cl. The molecule has 2 unspecified atom stereocenters. The summed E-state index contributed by atoms with van der Waals surface area (Å²) in [5.74, 6) is -0.566. The highest BCUT2D eigenvalue weighted by Gasteiger charge is 2.35. The summed E-state index contributed by atoms with van der Waals surface area (Å²) in [5.41, 5.74) is -0.237. The van der Waals surface area contributed by atoms with Gasteiger partial charge in [-0.1, -0.05) is 25.1 Å². The highest BCUT2D eigenvalue weighted by Crippen LogP contribution is 2.33. The molecule has 152 valence electrons. The fourth-order valence-electron chi connectivity index (χ4n) is 3.99. The Kier molecular flexibility index (Phi) is 7.54. The number of alkyl halides is 3. The third-order valence-electron chi connectivity index (χ3n) is 5.47. The van der Waals surface area contributed by atoms with Gasteiger partial charge in [-0.2, -0.15) is 13.2 Å². The molecule has 2 saturated heterocycles. The largest absolute Gasteiger partial charge is 0.416 e. The Labute approximate surface area is 164 Å². The van der Waals surface area contributed by atoms with Crippen molar-refractivity contribution in [3.05, 3.63) is 35.4 Å². The third-order valence-corrected chi connectivity index (χ3v) is 5.47. The van der Waals surface area contributed by atoms with Crippen molar-refractivity contribution in [2.45, 2.75) is 37.9 Å². The number of benzene rings is 1. The van der Waals surface area contributed by atoms with E-state index >= 15 is 0 Å². The van der Waals surface area contributed by atoms with Crippen molar-refractivity contribution in [2.75, 3.05) is 39.3 Å². The molecule has 2 aliphatic heterocycles. The molecule has 0 aliphatic carbocycles. The van der Waals surface area contributed by atoms with E-state index in [1.54, 1.807) is 6.07 Å². The Bertz CT molecular complexity index is 635. The zero-order chi connectivity index (χ0) is 18.7. The third kappa shape index (κ3) is 5.15. The lowest BCUT2D eigenvalue weighted by molar-refractivity contribution is -0.138. The first kappa shape index (κ1) is 22.0. The average Bonchev–Trinajstić information content (AvgIpc) is 3.13. The quantitative estimate of drug-likeness (QED) is 0.836. The van der Waals surface area contributed by atoms with E-state index in [4.69, 9.17) is 0 Å². The number of likely N-dealkylation sites (tertiary alicyclic amines) is 1. The number of nitrogens with one attached hydrogen (secondary N) is 1. The van der Waals surface area contributed by atoms with Crippen molar-refractivity contribution in [3.63, 3.8) is 0 Å². The molecule has 0 aromatic heterocycles. The Morgan fingerprint density at radius 2 is 1.96 bits per heavy atom. The maximum Gasteiger partial charge on any atom is 0.416 e. The molecule has 1 aromatic rings. The van der Waals surface area contributed by atoms with E-state index in [0.717, 1.165) is 44.7 Å². The molecule has 3 rings (SSSR count). The van der Waals surface area contributed by atoms with Crippen LogP contribution in [0.4, 0.5) is 13.2 Å². The Morgan fingerprint density at radius 1 is 1.26 bits per heavy atom. The smallest absolute Gasteiger partial charge is 0.341 e. The minimum atomic E-state index is -4.39. The second-order valence-corrected chi connectivity index (χ2v) is 7.10. The predicted octanol–water partition coefficient (Wildman–Crippen LogP) is 3.13. The van der Waals surface area contributed by atoms with Crippen molar-refractivity contribution in [3.8, 4) is 0 Å². The highest BCUT2D eigenvalue weighted by atomic mass is 35.5. The Hall–Kier alpha value is -1.31. The average molecular weight is 406 g/mol. The van der Waals surface area contributed by atoms with Gasteiger partial charge in [-0.3, -0.25) is 9.69 Å². The van der Waals surface area contributed by atoms with Crippen molar-refractivity contribution < 1.29 is 18.0 Å². The van der Waals surface area contributed by atoms with E-state index in [-0.39, 0.29) is 18.3 Å². The number of rotatable bonds is 4. The van der Waals surface area contributed by atoms with E-state index in [9.17, 15) is 18.0 Å². The lowest BCUT2D eigenvalue weighted by Crippen LogP contribution is -2.49. The van der Waals surface area contributed by atoms with Crippen LogP contribution >= 0.6 is 12.4 Å². The second kappa shape index (κ2) is 9.26. The molecule has 0 spiro atoms. The summed E-state index contributed by atoms with van der Waals surface area (Å²) in [5, 5.41) is 3.32. The van der Waals surface area contributed by atoms with E-state index in [1.165, 1.54) is 6.07 Å². The van der Waals surface area contributed by atoms with Gasteiger partial charge < -0.3 is 10.2 Å². The summed E-state index contributed by atoms with van der Waals surface area (Å²) in [4.78, 5) is 17.2. The van der Waals surface area contributed by atoms with Gasteiger partial charge in [0.2, 0.25) is 5.91 Å². The number of piperazine rings is 1. The van der Waals surface area contributed by atoms with Crippen LogP contribution in [0.1, 0.15) is 36.8 Å². The summed E-state index contributed by atoms with van der Waals surface area (Å²) in [6.45, 7) is 7.11. The first-order valence-corrected chi connectivity index (χ1v) is 9.31. The molecule has 0 radical (unpaired) electrons. The molecule has 1 amide bonds. The first-order chi connectivity index (χ1) is 12.4. The fraction of sp³-hybridized carbons (Fsp3) is 0.632. The summed E-state index contributed by atoms with van der Waals surface area (Å²) in [7, 11) is 0. The first-order valence-electron chi connectivity index (χ1n) is 9.31. The monoisotopic (exact) mass is 405 g/mol. The van der Waals surface area contributed by atoms with Crippen LogP contribution in [0.3, 0.4) is 0 Å². The molecule has 0 saturated carbocycles. The lowest BCUT2D eigenvalue weighted by Gasteiger charge is -2.32. The molecule has 2 heterocycles. The van der Waals surface area contributed by atoms with Gasteiger partial charge in [0.15, 0.2) is 0 Å². The van der Waals surface area contributed by atoms with Gasteiger partial charge in [-0.15, -0.1) is 12.4 Å². The highest BCUT2D eigenvalue weighted by molar-refractivity contribution is 5.85. The van der Waals surface area contributed by atoms with Crippen molar-refractivity contribution in [1.82, 2.24) is 15.1 Å². The van der Waals surface area contributed by atoms with Crippen molar-refractivity contribution >= 4 is 18.3 Å². The molecule has 27 heavy (non-hydrogen) atoms. The molecular weight excluding hydrogens is 379 g/mol. The van der Waals surface area contributed by atoms with Crippen LogP contribution in [-0.2, 0) is 11.0 Å². The van der Waals surface area contributed by atoms with Gasteiger partial charge in [0.05, 0.1) is 11.5 Å². The molecular formula is C19H27ClF3N3O. The van der Waals surface area contributed by atoms with Gasteiger partial charge in [-0.25, -0.2) is 0 Å². The number of amides is 1. The van der Waals surface area contributed by atoms with E-state index in [0.29, 0.717) is 31.1 Å². The van der Waals surface area contributed by atoms with E-state index in [2.05, 4.69) is 10.2 Å². The number of nitrogens with zero attached hydrogens (tertiary/aromatic N) is 2. The van der Waals surface area contributed by atoms with Gasteiger partial charge in [0, 0.05) is 45.3 Å². The van der Waals surface area contributed by atoms with Crippen LogP contribution in [0.25, 0.3) is 0 Å². The van der Waals surface area contributed by atoms with E-state index in [1.807, 2.05) is 11.8 Å². The zero-order valence-electron chi connectivity index (χ0n) is 15.5. The topological polar surface area (TPSA) is 35.6 Å². The van der Waals surface area contributed by atoms with Crippen molar-refractivity contribution in [1.29, 1.82) is 0 Å². The molecule has 1 aromatic carbocycles. The molecule has 2 fully saturated rings. The second-order valence-electron chi connectivity index (χ2n) is 7.10. The van der Waals surface area contributed by atoms with Gasteiger partial charge in [0.1, 0.15) is 0 Å². The summed E-state index contributed by atoms with van der Waals surface area (Å²) in [6, 6.07) is 5.56. The molecule has 4 nitrogen and oxygen atoms in total. The minimum absolute atomic E-state index is 0. The van der Waals surface area contributed by atoms with Crippen LogP contribution in [-0.4, -0.2) is 61.0 Å². The summed E-state index contributed by atoms with van der Waals surface area (Å²) >= 11 is 0. The molecule has 8 heteroatoms. The zero-order valence-corrected chi connectivity index (χ0v) is 16.3. The van der Waals surface area contributed by atoms with Crippen LogP contribution in [0, 0.1) is 0 Å². The van der Waals surface area contributed by atoms with E-state index < -0.39 is 17.7 Å². The van der Waals surface area contributed by atoms with Gasteiger partial charge in [0.25, 0.3) is 0 Å². The maximum atomic E-state index is 13.0. The number of carbonyl (C=O) groups excluding carboxylic acids is 1. The summed E-state index contributed by atoms with van der Waals surface area (Å²) in [6.07, 6.45) is -2.96. The van der Waals surface area contributed by atoms with Crippen LogP contribution in [0.2, 0.25) is 0 Å². The molecule has 0 bridgehead atoms. The number of halogens is 4. The van der Waals surface area contributed by atoms with Gasteiger partial charge in [-0.05, 0) is 24.5 Å². The van der Waals surface area contributed by atoms with Crippen LogP contribution in [0.5, 0.6) is 0 Å². The van der Waals surface area contributed by atoms with Gasteiger partial charge >= 0.3 is 6.18 Å².